The van der Waals surface area contributed by atoms with Crippen LogP contribution in [0.15, 0.2) is 20.5 Å². The number of nitrogens with zero attached hydrogens (tertiary/aromatic N) is 2. The molecule has 2 heterocycles. The molecule has 0 aliphatic heterocycles. The van der Waals surface area contributed by atoms with E-state index in [-0.39, 0.29) is 10.7 Å². The number of hydrogen-bond donors (Lipinski definition) is 1. The molecule has 0 atom stereocenters. The van der Waals surface area contributed by atoms with Crippen LogP contribution < -0.4 is 0 Å². The van der Waals surface area contributed by atoms with Crippen LogP contribution in [-0.2, 0) is 0 Å². The van der Waals surface area contributed by atoms with Crippen LogP contribution in [0.2, 0.25) is 5.02 Å². The summed E-state index contributed by atoms with van der Waals surface area (Å²) in [5.41, 5.74) is 0.275. The summed E-state index contributed by atoms with van der Waals surface area (Å²) in [6.45, 7) is 0. The predicted molar refractivity (Wildman–Crippen MR) is 72.7 cm³/mol. The first kappa shape index (κ1) is 12.9. The Morgan fingerprint density at radius 1 is 1.47 bits per heavy atom. The van der Waals surface area contributed by atoms with E-state index < -0.39 is 5.97 Å². The number of aromatic nitrogens is 2. The molecule has 1 N–H and O–H groups in total. The molecule has 2 aromatic heterocycles. The molecular formula is C9H3Br2ClN2O2S. The summed E-state index contributed by atoms with van der Waals surface area (Å²) in [7, 11) is 0. The van der Waals surface area contributed by atoms with E-state index in [2.05, 4.69) is 41.8 Å². The second-order valence-electron chi connectivity index (χ2n) is 2.93. The average molecular weight is 398 g/mol. The summed E-state index contributed by atoms with van der Waals surface area (Å²) in [5.74, 6) is -1.17. The van der Waals surface area contributed by atoms with Crippen LogP contribution in [0.4, 0.5) is 0 Å². The van der Waals surface area contributed by atoms with Gasteiger partial charge in [0, 0.05) is 4.47 Å². The Hall–Kier alpha value is -0.500. The fraction of sp³-hybridized carbons (Fsp3) is 0. The fourth-order valence-corrected chi connectivity index (χ4v) is 2.87. The number of halogens is 3. The van der Waals surface area contributed by atoms with E-state index in [4.69, 9.17) is 16.7 Å². The van der Waals surface area contributed by atoms with Gasteiger partial charge in [-0.05, 0) is 37.9 Å². The molecule has 0 aromatic carbocycles. The molecule has 0 unspecified atom stereocenters. The van der Waals surface area contributed by atoms with Crippen molar-refractivity contribution in [1.82, 2.24) is 9.97 Å². The smallest absolute Gasteiger partial charge is 0.356 e. The van der Waals surface area contributed by atoms with Crippen molar-refractivity contribution in [2.75, 3.05) is 0 Å². The summed E-state index contributed by atoms with van der Waals surface area (Å²) >= 11 is 13.7. The van der Waals surface area contributed by atoms with Gasteiger partial charge >= 0.3 is 5.97 Å². The minimum Gasteiger partial charge on any atom is -0.476 e. The molecule has 0 aliphatic carbocycles. The standard InChI is InChI=1S/C9H3Br2ClN2O2S/c10-3-1-4(8-13-2-5(11)17-8)14-7(6(3)12)9(15)16/h1-2H,(H,15,16). The van der Waals surface area contributed by atoms with Gasteiger partial charge in [-0.15, -0.1) is 11.3 Å². The van der Waals surface area contributed by atoms with Gasteiger partial charge in [0.1, 0.15) is 10.7 Å². The highest BCUT2D eigenvalue weighted by atomic mass is 79.9. The molecule has 0 fully saturated rings. The summed E-state index contributed by atoms with van der Waals surface area (Å²) in [4.78, 5) is 19.1. The number of carbonyl (C=O) groups is 1. The van der Waals surface area contributed by atoms with E-state index in [9.17, 15) is 4.79 Å². The molecule has 88 valence electrons. The maximum atomic E-state index is 11.0. The average Bonchev–Trinajstić information content (AvgIpc) is 2.68. The summed E-state index contributed by atoms with van der Waals surface area (Å²) in [5, 5.41) is 9.68. The molecular weight excluding hydrogens is 395 g/mol. The Morgan fingerprint density at radius 3 is 2.71 bits per heavy atom. The highest BCUT2D eigenvalue weighted by Gasteiger charge is 2.17. The predicted octanol–water partition coefficient (Wildman–Crippen LogP) is 4.08. The van der Waals surface area contributed by atoms with Crippen LogP contribution in [0.25, 0.3) is 10.7 Å². The lowest BCUT2D eigenvalue weighted by Gasteiger charge is -2.03. The van der Waals surface area contributed by atoms with Gasteiger partial charge in [-0.1, -0.05) is 11.6 Å². The SMILES string of the molecule is O=C(O)c1nc(-c2ncc(Br)s2)cc(Br)c1Cl. The quantitative estimate of drug-likeness (QED) is 0.828. The lowest BCUT2D eigenvalue weighted by molar-refractivity contribution is 0.0691. The molecule has 2 aromatic rings. The van der Waals surface area contributed by atoms with Gasteiger partial charge in [0.15, 0.2) is 5.69 Å². The van der Waals surface area contributed by atoms with E-state index in [1.54, 1.807) is 12.3 Å². The summed E-state index contributed by atoms with van der Waals surface area (Å²) in [6, 6.07) is 1.64. The molecule has 0 spiro atoms. The summed E-state index contributed by atoms with van der Waals surface area (Å²) < 4.78 is 1.32. The van der Waals surface area contributed by atoms with Crippen molar-refractivity contribution in [3.8, 4) is 10.7 Å². The third-order valence-corrected chi connectivity index (χ3v) is 4.55. The number of carboxylic acids is 1. The highest BCUT2D eigenvalue weighted by molar-refractivity contribution is 9.11. The van der Waals surface area contributed by atoms with Crippen LogP contribution in [0.1, 0.15) is 10.5 Å². The van der Waals surface area contributed by atoms with Crippen molar-refractivity contribution in [3.05, 3.63) is 31.2 Å². The highest BCUT2D eigenvalue weighted by Crippen LogP contribution is 2.33. The van der Waals surface area contributed by atoms with E-state index in [0.717, 1.165) is 3.79 Å². The molecule has 0 aliphatic rings. The Morgan fingerprint density at radius 2 is 2.18 bits per heavy atom. The Kier molecular flexibility index (Phi) is 3.82. The van der Waals surface area contributed by atoms with Gasteiger partial charge < -0.3 is 5.11 Å². The number of thiazole rings is 1. The third kappa shape index (κ3) is 2.67. The van der Waals surface area contributed by atoms with Crippen LogP contribution in [0.3, 0.4) is 0 Å². The zero-order chi connectivity index (χ0) is 12.6. The first-order chi connectivity index (χ1) is 7.99. The number of carboxylic acid groups (broad SMARTS) is 1. The van der Waals surface area contributed by atoms with Crippen molar-refractivity contribution in [1.29, 1.82) is 0 Å². The van der Waals surface area contributed by atoms with Gasteiger partial charge in [0.25, 0.3) is 0 Å². The Bertz CT molecular complexity index is 603. The van der Waals surface area contributed by atoms with Crippen LogP contribution >= 0.6 is 54.8 Å². The number of aromatic carboxylic acids is 1. The number of hydrogen-bond acceptors (Lipinski definition) is 4. The molecule has 17 heavy (non-hydrogen) atoms. The molecule has 4 nitrogen and oxygen atoms in total. The van der Waals surface area contributed by atoms with E-state index in [1.165, 1.54) is 11.3 Å². The zero-order valence-electron chi connectivity index (χ0n) is 7.95. The maximum absolute atomic E-state index is 11.0. The van der Waals surface area contributed by atoms with Crippen molar-refractivity contribution in [2.45, 2.75) is 0 Å². The minimum absolute atomic E-state index is 0.0804. The lowest BCUT2D eigenvalue weighted by atomic mass is 10.3. The molecule has 8 heteroatoms. The van der Waals surface area contributed by atoms with Gasteiger partial charge in [0.2, 0.25) is 0 Å². The maximum Gasteiger partial charge on any atom is 0.356 e. The van der Waals surface area contributed by atoms with Crippen molar-refractivity contribution < 1.29 is 9.90 Å². The van der Waals surface area contributed by atoms with Crippen LogP contribution in [0.5, 0.6) is 0 Å². The normalized spacial score (nSPS) is 10.5. The largest absolute Gasteiger partial charge is 0.476 e. The van der Waals surface area contributed by atoms with Gasteiger partial charge in [-0.2, -0.15) is 0 Å². The first-order valence-corrected chi connectivity index (χ1v) is 6.98. The van der Waals surface area contributed by atoms with Crippen molar-refractivity contribution in [3.63, 3.8) is 0 Å². The monoisotopic (exact) mass is 396 g/mol. The van der Waals surface area contributed by atoms with Gasteiger partial charge in [0.05, 0.1) is 15.0 Å². The summed E-state index contributed by atoms with van der Waals surface area (Å²) in [6.07, 6.45) is 1.63. The molecule has 0 saturated carbocycles. The number of rotatable bonds is 2. The minimum atomic E-state index is -1.17. The topological polar surface area (TPSA) is 63.1 Å². The molecule has 0 bridgehead atoms. The zero-order valence-corrected chi connectivity index (χ0v) is 12.7. The molecule has 0 amide bonds. The Balaban J connectivity index is 2.60. The second kappa shape index (κ2) is 5.01. The molecule has 2 rings (SSSR count). The lowest BCUT2D eigenvalue weighted by Crippen LogP contribution is -2.03. The van der Waals surface area contributed by atoms with Crippen molar-refractivity contribution in [2.24, 2.45) is 0 Å². The van der Waals surface area contributed by atoms with Crippen LogP contribution in [-0.4, -0.2) is 21.0 Å². The fourth-order valence-electron chi connectivity index (χ4n) is 1.12. The molecule has 0 saturated heterocycles. The van der Waals surface area contributed by atoms with Gasteiger partial charge in [-0.3, -0.25) is 0 Å². The van der Waals surface area contributed by atoms with E-state index in [0.29, 0.717) is 15.2 Å². The third-order valence-electron chi connectivity index (χ3n) is 1.81. The number of pyridine rings is 1. The van der Waals surface area contributed by atoms with Crippen LogP contribution in [0, 0.1) is 0 Å². The van der Waals surface area contributed by atoms with E-state index >= 15 is 0 Å². The molecule has 0 radical (unpaired) electrons. The van der Waals surface area contributed by atoms with Gasteiger partial charge in [-0.25, -0.2) is 14.8 Å². The Labute approximate surface area is 122 Å². The first-order valence-electron chi connectivity index (χ1n) is 4.20. The second-order valence-corrected chi connectivity index (χ2v) is 6.57. The van der Waals surface area contributed by atoms with Crippen molar-refractivity contribution >= 4 is 60.8 Å². The van der Waals surface area contributed by atoms with E-state index in [1.807, 2.05) is 0 Å².